The molecule has 60 valence electrons. The minimum atomic E-state index is -0.913. The molecule has 4 nitrogen and oxygen atoms in total. The van der Waals surface area contributed by atoms with Crippen molar-refractivity contribution in [2.45, 2.75) is 6.54 Å². The number of carboxylic acids is 1. The maximum absolute atomic E-state index is 10.5. The van der Waals surface area contributed by atoms with Gasteiger partial charge < -0.3 is 10.4 Å². The second-order valence-corrected chi connectivity index (χ2v) is 2.88. The van der Waals surface area contributed by atoms with Gasteiger partial charge in [0, 0.05) is 6.54 Å². The molecule has 1 heterocycles. The van der Waals surface area contributed by atoms with Gasteiger partial charge in [0.25, 0.3) is 0 Å². The highest BCUT2D eigenvalue weighted by Gasteiger charge is 2.10. The minimum Gasteiger partial charge on any atom is -0.478 e. The highest BCUT2D eigenvalue weighted by Crippen LogP contribution is 2.12. The lowest BCUT2D eigenvalue weighted by molar-refractivity contribution is 0.0696. The molecule has 1 rings (SSSR count). The van der Waals surface area contributed by atoms with Crippen LogP contribution in [0.3, 0.4) is 0 Å². The molecule has 1 aromatic heterocycles. The maximum atomic E-state index is 10.5. The van der Waals surface area contributed by atoms with E-state index in [1.54, 1.807) is 7.05 Å². The van der Waals surface area contributed by atoms with E-state index in [2.05, 4.69) is 9.69 Å². The Bertz CT molecular complexity index is 259. The molecule has 0 fully saturated rings. The van der Waals surface area contributed by atoms with Gasteiger partial charge in [0.2, 0.25) is 0 Å². The first kappa shape index (κ1) is 8.16. The van der Waals surface area contributed by atoms with E-state index in [9.17, 15) is 4.79 Å². The van der Waals surface area contributed by atoms with Crippen LogP contribution in [0.15, 0.2) is 6.20 Å². The van der Waals surface area contributed by atoms with Gasteiger partial charge in [-0.15, -0.1) is 0 Å². The fraction of sp³-hybridized carbons (Fsp3) is 0.333. The third-order valence-electron chi connectivity index (χ3n) is 1.21. The van der Waals surface area contributed by atoms with Gasteiger partial charge in [-0.3, -0.25) is 0 Å². The van der Waals surface area contributed by atoms with Crippen LogP contribution in [0.2, 0.25) is 0 Å². The number of rotatable bonds is 3. The van der Waals surface area contributed by atoms with Crippen molar-refractivity contribution in [2.24, 2.45) is 0 Å². The lowest BCUT2D eigenvalue weighted by Crippen LogP contribution is -2.07. The quantitative estimate of drug-likeness (QED) is 0.699. The van der Waals surface area contributed by atoms with Gasteiger partial charge in [-0.1, -0.05) is 0 Å². The molecule has 0 radical (unpaired) electrons. The monoisotopic (exact) mass is 172 g/mol. The Balaban J connectivity index is 2.87. The molecule has 0 saturated heterocycles. The second kappa shape index (κ2) is 3.45. The molecule has 0 saturated carbocycles. The molecule has 0 bridgehead atoms. The first-order chi connectivity index (χ1) is 5.25. The first-order valence-electron chi connectivity index (χ1n) is 3.07. The van der Waals surface area contributed by atoms with Crippen molar-refractivity contribution in [2.75, 3.05) is 7.05 Å². The average Bonchev–Trinajstić information content (AvgIpc) is 2.36. The van der Waals surface area contributed by atoms with E-state index in [0.717, 1.165) is 4.88 Å². The van der Waals surface area contributed by atoms with Gasteiger partial charge in [-0.2, -0.15) is 4.37 Å². The summed E-state index contributed by atoms with van der Waals surface area (Å²) in [6.45, 7) is 0.562. The smallest absolute Gasteiger partial charge is 0.338 e. The number of hydrogen-bond acceptors (Lipinski definition) is 4. The summed E-state index contributed by atoms with van der Waals surface area (Å²) < 4.78 is 3.78. The molecule has 0 atom stereocenters. The van der Waals surface area contributed by atoms with Crippen molar-refractivity contribution >= 4 is 17.5 Å². The van der Waals surface area contributed by atoms with Crippen LogP contribution in [0, 0.1) is 0 Å². The van der Waals surface area contributed by atoms with Gasteiger partial charge in [0.05, 0.1) is 16.6 Å². The lowest BCUT2D eigenvalue weighted by Gasteiger charge is -1.94. The molecule has 0 amide bonds. The van der Waals surface area contributed by atoms with E-state index in [0.29, 0.717) is 12.1 Å². The van der Waals surface area contributed by atoms with Crippen molar-refractivity contribution in [1.29, 1.82) is 0 Å². The summed E-state index contributed by atoms with van der Waals surface area (Å²) in [6.07, 6.45) is 1.37. The third-order valence-corrected chi connectivity index (χ3v) is 2.01. The first-order valence-corrected chi connectivity index (χ1v) is 3.84. The van der Waals surface area contributed by atoms with Crippen LogP contribution in [0.1, 0.15) is 15.2 Å². The molecular weight excluding hydrogens is 164 g/mol. The number of hydrogen-bond donors (Lipinski definition) is 2. The molecule has 2 N–H and O–H groups in total. The fourth-order valence-electron chi connectivity index (χ4n) is 0.726. The van der Waals surface area contributed by atoms with Crippen LogP contribution in [0.5, 0.6) is 0 Å². The Labute approximate surface area is 68.0 Å². The maximum Gasteiger partial charge on any atom is 0.338 e. The summed E-state index contributed by atoms with van der Waals surface area (Å²) in [6, 6.07) is 0. The molecule has 0 aliphatic heterocycles. The van der Waals surface area contributed by atoms with Gasteiger partial charge in [-0.05, 0) is 18.6 Å². The Morgan fingerprint density at radius 2 is 2.64 bits per heavy atom. The number of nitrogens with one attached hydrogen (secondary N) is 1. The number of nitrogens with zero attached hydrogens (tertiary/aromatic N) is 1. The van der Waals surface area contributed by atoms with Crippen molar-refractivity contribution in [3.8, 4) is 0 Å². The summed E-state index contributed by atoms with van der Waals surface area (Å²) in [4.78, 5) is 11.3. The summed E-state index contributed by atoms with van der Waals surface area (Å²) in [7, 11) is 1.77. The van der Waals surface area contributed by atoms with Crippen molar-refractivity contribution in [3.63, 3.8) is 0 Å². The van der Waals surface area contributed by atoms with Crippen LogP contribution >= 0.6 is 11.5 Å². The van der Waals surface area contributed by atoms with Crippen LogP contribution in [-0.2, 0) is 6.54 Å². The number of aromatic nitrogens is 1. The fourth-order valence-corrected chi connectivity index (χ4v) is 1.46. The Morgan fingerprint density at radius 3 is 3.18 bits per heavy atom. The summed E-state index contributed by atoms with van der Waals surface area (Å²) in [5, 5.41) is 11.5. The zero-order chi connectivity index (χ0) is 8.27. The molecule has 11 heavy (non-hydrogen) atoms. The van der Waals surface area contributed by atoms with E-state index >= 15 is 0 Å². The van der Waals surface area contributed by atoms with E-state index in [1.165, 1.54) is 17.7 Å². The summed E-state index contributed by atoms with van der Waals surface area (Å²) in [5.41, 5.74) is 0.296. The van der Waals surface area contributed by atoms with E-state index < -0.39 is 5.97 Å². The van der Waals surface area contributed by atoms with Gasteiger partial charge in [0.1, 0.15) is 0 Å². The average molecular weight is 172 g/mol. The van der Waals surface area contributed by atoms with Crippen LogP contribution in [0.25, 0.3) is 0 Å². The molecule has 0 aromatic carbocycles. The molecule has 0 aliphatic carbocycles. The number of aromatic carboxylic acids is 1. The van der Waals surface area contributed by atoms with Crippen LogP contribution < -0.4 is 5.32 Å². The number of carboxylic acid groups (broad SMARTS) is 1. The van der Waals surface area contributed by atoms with E-state index in [-0.39, 0.29) is 0 Å². The highest BCUT2D eigenvalue weighted by molar-refractivity contribution is 7.06. The zero-order valence-corrected chi connectivity index (χ0v) is 6.81. The Morgan fingerprint density at radius 1 is 1.91 bits per heavy atom. The Hall–Kier alpha value is -0.940. The molecule has 5 heteroatoms. The van der Waals surface area contributed by atoms with Crippen molar-refractivity contribution < 1.29 is 9.90 Å². The van der Waals surface area contributed by atoms with Gasteiger partial charge in [-0.25, -0.2) is 4.79 Å². The molecule has 0 aliphatic rings. The summed E-state index contributed by atoms with van der Waals surface area (Å²) in [5.74, 6) is -0.913. The van der Waals surface area contributed by atoms with E-state index in [4.69, 9.17) is 5.11 Å². The SMILES string of the molecule is CNCc1sncc1C(=O)O. The second-order valence-electron chi connectivity index (χ2n) is 2.00. The van der Waals surface area contributed by atoms with Crippen LogP contribution in [-0.4, -0.2) is 22.5 Å². The van der Waals surface area contributed by atoms with Gasteiger partial charge in [0.15, 0.2) is 0 Å². The van der Waals surface area contributed by atoms with Crippen molar-refractivity contribution in [3.05, 3.63) is 16.6 Å². The standard InChI is InChI=1S/C6H8N2O2S/c1-7-3-5-4(6(9)10)2-8-11-5/h2,7H,3H2,1H3,(H,9,10). The predicted molar refractivity (Wildman–Crippen MR) is 41.8 cm³/mol. The third kappa shape index (κ3) is 1.75. The normalized spacial score (nSPS) is 9.91. The topological polar surface area (TPSA) is 62.2 Å². The molecule has 1 aromatic rings. The largest absolute Gasteiger partial charge is 0.478 e. The summed E-state index contributed by atoms with van der Waals surface area (Å²) >= 11 is 1.21. The number of carbonyl (C=O) groups is 1. The molecule has 0 unspecified atom stereocenters. The van der Waals surface area contributed by atoms with E-state index in [1.807, 2.05) is 0 Å². The highest BCUT2D eigenvalue weighted by atomic mass is 32.1. The zero-order valence-electron chi connectivity index (χ0n) is 6.00. The minimum absolute atomic E-state index is 0.296. The molecular formula is C6H8N2O2S. The van der Waals surface area contributed by atoms with Gasteiger partial charge >= 0.3 is 5.97 Å². The lowest BCUT2D eigenvalue weighted by atomic mass is 10.3. The van der Waals surface area contributed by atoms with Crippen LogP contribution in [0.4, 0.5) is 0 Å². The predicted octanol–water partition coefficient (Wildman–Crippen LogP) is 0.561. The molecule has 0 spiro atoms. The van der Waals surface area contributed by atoms with Crippen molar-refractivity contribution in [1.82, 2.24) is 9.69 Å². The Kier molecular flexibility index (Phi) is 2.56.